The number of nitrogens with two attached hydrogens (primary N) is 1. The number of hydrogen-bond acceptors (Lipinski definition) is 3. The second-order valence-corrected chi connectivity index (χ2v) is 4.77. The maximum absolute atomic E-state index is 13.9. The molecule has 21 heavy (non-hydrogen) atoms. The van der Waals surface area contributed by atoms with Crippen molar-refractivity contribution in [1.29, 1.82) is 5.41 Å². The summed E-state index contributed by atoms with van der Waals surface area (Å²) in [6.07, 6.45) is 0. The van der Waals surface area contributed by atoms with Gasteiger partial charge in [-0.25, -0.2) is 4.39 Å². The van der Waals surface area contributed by atoms with E-state index in [2.05, 4.69) is 0 Å². The Morgan fingerprint density at radius 2 is 1.90 bits per heavy atom. The van der Waals surface area contributed by atoms with Crippen LogP contribution in [0.25, 0.3) is 0 Å². The van der Waals surface area contributed by atoms with Crippen molar-refractivity contribution in [1.82, 2.24) is 0 Å². The molecular formula is C16H18FN3O. The number of anilines is 1. The number of nitrogens with zero attached hydrogens (tertiary/aromatic N) is 1. The highest BCUT2D eigenvalue weighted by atomic mass is 19.1. The lowest BCUT2D eigenvalue weighted by Crippen LogP contribution is -2.18. The fourth-order valence-corrected chi connectivity index (χ4v) is 2.03. The molecule has 4 nitrogen and oxygen atoms in total. The molecule has 110 valence electrons. The predicted molar refractivity (Wildman–Crippen MR) is 82.5 cm³/mol. The second-order valence-electron chi connectivity index (χ2n) is 4.77. The lowest BCUT2D eigenvalue weighted by atomic mass is 10.1. The molecule has 3 N–H and O–H groups in total. The molecule has 0 bridgehead atoms. The van der Waals surface area contributed by atoms with Crippen LogP contribution in [0.15, 0.2) is 42.5 Å². The maximum atomic E-state index is 13.9. The van der Waals surface area contributed by atoms with E-state index < -0.39 is 0 Å². The molecule has 0 unspecified atom stereocenters. The van der Waals surface area contributed by atoms with E-state index in [0.717, 1.165) is 5.69 Å². The molecule has 0 fully saturated rings. The average Bonchev–Trinajstić information content (AvgIpc) is 2.49. The molecule has 0 aromatic heterocycles. The van der Waals surface area contributed by atoms with E-state index in [1.807, 2.05) is 24.1 Å². The minimum Gasteiger partial charge on any atom is -0.497 e. The maximum Gasteiger partial charge on any atom is 0.131 e. The fraction of sp³-hybridized carbons (Fsp3) is 0.188. The zero-order chi connectivity index (χ0) is 15.4. The zero-order valence-corrected chi connectivity index (χ0v) is 12.1. The smallest absolute Gasteiger partial charge is 0.131 e. The number of benzene rings is 2. The van der Waals surface area contributed by atoms with Gasteiger partial charge in [0.15, 0.2) is 0 Å². The largest absolute Gasteiger partial charge is 0.497 e. The van der Waals surface area contributed by atoms with Crippen molar-refractivity contribution in [2.45, 2.75) is 6.54 Å². The van der Waals surface area contributed by atoms with Gasteiger partial charge >= 0.3 is 0 Å². The van der Waals surface area contributed by atoms with E-state index in [0.29, 0.717) is 23.4 Å². The van der Waals surface area contributed by atoms with Crippen LogP contribution < -0.4 is 15.4 Å². The van der Waals surface area contributed by atoms with Crippen LogP contribution in [0.5, 0.6) is 5.75 Å². The van der Waals surface area contributed by atoms with Gasteiger partial charge in [0.1, 0.15) is 17.4 Å². The quantitative estimate of drug-likeness (QED) is 0.656. The second kappa shape index (κ2) is 6.26. The molecule has 0 heterocycles. The summed E-state index contributed by atoms with van der Waals surface area (Å²) in [7, 11) is 3.39. The first-order valence-electron chi connectivity index (χ1n) is 6.49. The van der Waals surface area contributed by atoms with Crippen molar-refractivity contribution in [2.75, 3.05) is 19.1 Å². The third kappa shape index (κ3) is 3.51. The lowest BCUT2D eigenvalue weighted by molar-refractivity contribution is 0.410. The number of hydrogen-bond donors (Lipinski definition) is 2. The van der Waals surface area contributed by atoms with Gasteiger partial charge in [0.25, 0.3) is 0 Å². The van der Waals surface area contributed by atoms with Gasteiger partial charge in [-0.2, -0.15) is 0 Å². The number of halogens is 1. The van der Waals surface area contributed by atoms with E-state index in [1.54, 1.807) is 24.3 Å². The van der Waals surface area contributed by atoms with Crippen molar-refractivity contribution in [2.24, 2.45) is 5.73 Å². The first-order valence-corrected chi connectivity index (χ1v) is 6.49. The number of nitrogen functional groups attached to an aromatic ring is 1. The molecule has 0 aliphatic rings. The average molecular weight is 287 g/mol. The van der Waals surface area contributed by atoms with E-state index in [9.17, 15) is 4.39 Å². The predicted octanol–water partition coefficient (Wildman–Crippen LogP) is 2.75. The molecule has 2 rings (SSSR count). The highest BCUT2D eigenvalue weighted by Crippen LogP contribution is 2.20. The summed E-state index contributed by atoms with van der Waals surface area (Å²) in [6.45, 7) is 0.440. The van der Waals surface area contributed by atoms with Crippen LogP contribution in [-0.2, 0) is 6.54 Å². The number of rotatable bonds is 5. The van der Waals surface area contributed by atoms with Gasteiger partial charge in [0, 0.05) is 36.5 Å². The third-order valence-electron chi connectivity index (χ3n) is 3.29. The van der Waals surface area contributed by atoms with Gasteiger partial charge in [-0.3, -0.25) is 5.41 Å². The van der Waals surface area contributed by atoms with Gasteiger partial charge < -0.3 is 15.4 Å². The van der Waals surface area contributed by atoms with Crippen LogP contribution in [-0.4, -0.2) is 20.0 Å². The Morgan fingerprint density at radius 3 is 2.43 bits per heavy atom. The first-order chi connectivity index (χ1) is 10.0. The van der Waals surface area contributed by atoms with Crippen molar-refractivity contribution in [3.8, 4) is 5.75 Å². The summed E-state index contributed by atoms with van der Waals surface area (Å²) in [5.74, 6) is 0.247. The van der Waals surface area contributed by atoms with E-state index in [4.69, 9.17) is 15.9 Å². The molecule has 2 aromatic carbocycles. The Labute approximate surface area is 123 Å². The topological polar surface area (TPSA) is 62.3 Å². The van der Waals surface area contributed by atoms with E-state index >= 15 is 0 Å². The van der Waals surface area contributed by atoms with Crippen LogP contribution >= 0.6 is 0 Å². The van der Waals surface area contributed by atoms with Crippen LogP contribution in [0, 0.1) is 11.2 Å². The van der Waals surface area contributed by atoms with Crippen LogP contribution in [0.2, 0.25) is 0 Å². The monoisotopic (exact) mass is 287 g/mol. The van der Waals surface area contributed by atoms with Gasteiger partial charge in [0.05, 0.1) is 7.11 Å². The summed E-state index contributed by atoms with van der Waals surface area (Å²) in [5, 5.41) is 7.36. The van der Waals surface area contributed by atoms with Gasteiger partial charge in [-0.05, 0) is 30.3 Å². The number of ether oxygens (including phenoxy) is 1. The minimum atomic E-state index is -0.290. The van der Waals surface area contributed by atoms with Crippen LogP contribution in [0.1, 0.15) is 11.1 Å². The highest BCUT2D eigenvalue weighted by molar-refractivity contribution is 5.95. The SMILES string of the molecule is COc1ccc(CN(C)c2ccc(C(=N)N)cc2)c(F)c1. The third-order valence-corrected chi connectivity index (χ3v) is 3.29. The van der Waals surface area contributed by atoms with Crippen molar-refractivity contribution in [3.05, 3.63) is 59.4 Å². The molecule has 2 aromatic rings. The van der Waals surface area contributed by atoms with E-state index in [1.165, 1.54) is 13.2 Å². The number of methoxy groups -OCH3 is 1. The molecule has 0 aliphatic heterocycles. The van der Waals surface area contributed by atoms with Crippen LogP contribution in [0.4, 0.5) is 10.1 Å². The Bertz CT molecular complexity index is 640. The summed E-state index contributed by atoms with van der Waals surface area (Å²) in [4.78, 5) is 1.93. The Balaban J connectivity index is 2.13. The molecule has 0 amide bonds. The molecule has 0 aliphatic carbocycles. The molecule has 0 saturated carbocycles. The fourth-order valence-electron chi connectivity index (χ4n) is 2.03. The Kier molecular flexibility index (Phi) is 4.42. The molecule has 0 atom stereocenters. The van der Waals surface area contributed by atoms with Crippen LogP contribution in [0.3, 0.4) is 0 Å². The zero-order valence-electron chi connectivity index (χ0n) is 12.1. The molecule has 0 radical (unpaired) electrons. The summed E-state index contributed by atoms with van der Waals surface area (Å²) in [5.41, 5.74) is 7.61. The number of amidine groups is 1. The van der Waals surface area contributed by atoms with Crippen molar-refractivity contribution in [3.63, 3.8) is 0 Å². The summed E-state index contributed by atoms with van der Waals surface area (Å²) >= 11 is 0. The molecular weight excluding hydrogens is 269 g/mol. The Morgan fingerprint density at radius 1 is 1.24 bits per heavy atom. The van der Waals surface area contributed by atoms with Crippen molar-refractivity contribution < 1.29 is 9.13 Å². The molecule has 0 saturated heterocycles. The first kappa shape index (κ1) is 14.8. The molecule has 0 spiro atoms. The number of nitrogens with one attached hydrogen (secondary N) is 1. The standard InChI is InChI=1S/C16H18FN3O/c1-20(13-6-3-11(4-7-13)16(18)19)10-12-5-8-14(21-2)9-15(12)17/h3-9H,10H2,1-2H3,(H3,18,19). The van der Waals surface area contributed by atoms with E-state index in [-0.39, 0.29) is 11.7 Å². The van der Waals surface area contributed by atoms with Gasteiger partial charge in [-0.15, -0.1) is 0 Å². The highest BCUT2D eigenvalue weighted by Gasteiger charge is 2.08. The lowest BCUT2D eigenvalue weighted by Gasteiger charge is -2.20. The summed E-state index contributed by atoms with van der Waals surface area (Å²) < 4.78 is 18.9. The minimum absolute atomic E-state index is 0.0328. The van der Waals surface area contributed by atoms with Gasteiger partial charge in [0.2, 0.25) is 0 Å². The Hall–Kier alpha value is -2.56. The van der Waals surface area contributed by atoms with Gasteiger partial charge in [-0.1, -0.05) is 6.07 Å². The van der Waals surface area contributed by atoms with Crippen molar-refractivity contribution >= 4 is 11.5 Å². The molecule has 5 heteroatoms. The summed E-state index contributed by atoms with van der Waals surface area (Å²) in [6, 6.07) is 12.1. The normalized spacial score (nSPS) is 10.2.